The molecule has 0 saturated heterocycles. The molecule has 2 aromatic heterocycles. The molecule has 6 nitrogen and oxygen atoms in total. The molecule has 0 aliphatic carbocycles. The molecular formula is C12H15N3O3. The number of aromatic carboxylic acids is 1. The second-order valence-corrected chi connectivity index (χ2v) is 3.84. The van der Waals surface area contributed by atoms with E-state index in [9.17, 15) is 9.90 Å². The van der Waals surface area contributed by atoms with Gasteiger partial charge in [-0.25, -0.2) is 9.78 Å². The van der Waals surface area contributed by atoms with Crippen LogP contribution in [0.25, 0.3) is 10.9 Å². The molecule has 2 rings (SSSR count). The average molecular weight is 249 g/mol. The lowest BCUT2D eigenvalue weighted by atomic mass is 10.2. The zero-order valence-electron chi connectivity index (χ0n) is 10.6. The number of rotatable bonds is 4. The quantitative estimate of drug-likeness (QED) is 0.894. The molecule has 2 heterocycles. The summed E-state index contributed by atoms with van der Waals surface area (Å²) < 4.78 is 7.10. The Bertz CT molecular complexity index is 604. The number of carboxylic acids is 1. The summed E-state index contributed by atoms with van der Waals surface area (Å²) in [5, 5.41) is 14.2. The van der Waals surface area contributed by atoms with Gasteiger partial charge in [-0.3, -0.25) is 4.68 Å². The number of aryl methyl sites for hydroxylation is 2. The first kappa shape index (κ1) is 12.3. The highest BCUT2D eigenvalue weighted by Gasteiger charge is 2.20. The van der Waals surface area contributed by atoms with Crippen molar-refractivity contribution < 1.29 is 14.6 Å². The molecule has 18 heavy (non-hydrogen) atoms. The monoisotopic (exact) mass is 249 g/mol. The van der Waals surface area contributed by atoms with Gasteiger partial charge in [0.25, 0.3) is 0 Å². The number of pyridine rings is 1. The zero-order valence-corrected chi connectivity index (χ0v) is 10.6. The van der Waals surface area contributed by atoms with Crippen molar-refractivity contribution in [1.29, 1.82) is 0 Å². The van der Waals surface area contributed by atoms with Crippen molar-refractivity contribution in [3.63, 3.8) is 0 Å². The van der Waals surface area contributed by atoms with E-state index in [2.05, 4.69) is 10.1 Å². The first-order valence-corrected chi connectivity index (χ1v) is 5.82. The molecule has 0 atom stereocenters. The number of nitrogens with zero attached hydrogens (tertiary/aromatic N) is 3. The molecule has 0 aliphatic heterocycles. The van der Waals surface area contributed by atoms with Gasteiger partial charge in [-0.1, -0.05) is 0 Å². The van der Waals surface area contributed by atoms with Gasteiger partial charge in [0, 0.05) is 12.7 Å². The van der Waals surface area contributed by atoms with E-state index in [1.165, 1.54) is 6.20 Å². The summed E-state index contributed by atoms with van der Waals surface area (Å²) in [5.41, 5.74) is 1.45. The second kappa shape index (κ2) is 4.64. The van der Waals surface area contributed by atoms with Crippen molar-refractivity contribution in [3.05, 3.63) is 17.5 Å². The molecule has 1 N–H and O–H groups in total. The fraction of sp³-hybridized carbons (Fsp3) is 0.417. The first-order valence-electron chi connectivity index (χ1n) is 5.82. The highest BCUT2D eigenvalue weighted by Crippen LogP contribution is 2.29. The molecular weight excluding hydrogens is 234 g/mol. The SMILES string of the molecule is CCOc1ncc(C(=O)O)c2c1c(C)nn2CC. The minimum Gasteiger partial charge on any atom is -0.478 e. The molecule has 6 heteroatoms. The highest BCUT2D eigenvalue weighted by molar-refractivity contribution is 6.03. The van der Waals surface area contributed by atoms with Crippen LogP contribution in [0.1, 0.15) is 29.9 Å². The van der Waals surface area contributed by atoms with Crippen molar-refractivity contribution in [2.45, 2.75) is 27.3 Å². The average Bonchev–Trinajstić information content (AvgIpc) is 2.67. The number of fused-ring (bicyclic) bond motifs is 1. The van der Waals surface area contributed by atoms with E-state index >= 15 is 0 Å². The van der Waals surface area contributed by atoms with Gasteiger partial charge in [0.2, 0.25) is 5.88 Å². The van der Waals surface area contributed by atoms with Crippen LogP contribution in [0.15, 0.2) is 6.20 Å². The molecule has 0 radical (unpaired) electrons. The van der Waals surface area contributed by atoms with Gasteiger partial charge in [-0.2, -0.15) is 5.10 Å². The Hall–Kier alpha value is -2.11. The van der Waals surface area contributed by atoms with Crippen LogP contribution in [-0.4, -0.2) is 32.4 Å². The van der Waals surface area contributed by atoms with Crippen LogP contribution in [0.2, 0.25) is 0 Å². The van der Waals surface area contributed by atoms with Gasteiger partial charge in [0.15, 0.2) is 0 Å². The lowest BCUT2D eigenvalue weighted by molar-refractivity contribution is 0.0698. The summed E-state index contributed by atoms with van der Waals surface area (Å²) in [7, 11) is 0. The molecule has 96 valence electrons. The van der Waals surface area contributed by atoms with E-state index in [0.717, 1.165) is 5.69 Å². The van der Waals surface area contributed by atoms with E-state index in [-0.39, 0.29) is 5.56 Å². The molecule has 0 amide bonds. The fourth-order valence-corrected chi connectivity index (χ4v) is 1.99. The number of hydrogen-bond acceptors (Lipinski definition) is 4. The smallest absolute Gasteiger partial charge is 0.339 e. The van der Waals surface area contributed by atoms with Crippen LogP contribution in [0.3, 0.4) is 0 Å². The summed E-state index contributed by atoms with van der Waals surface area (Å²) in [5.74, 6) is -0.570. The maximum absolute atomic E-state index is 11.2. The maximum Gasteiger partial charge on any atom is 0.339 e. The van der Waals surface area contributed by atoms with Crippen molar-refractivity contribution in [2.75, 3.05) is 6.61 Å². The lowest BCUT2D eigenvalue weighted by Gasteiger charge is -2.06. The summed E-state index contributed by atoms with van der Waals surface area (Å²) in [6.07, 6.45) is 1.32. The number of aromatic nitrogens is 3. The minimum atomic E-state index is -1.01. The Balaban J connectivity index is 2.83. The summed E-state index contributed by atoms with van der Waals surface area (Å²) in [6, 6.07) is 0. The van der Waals surface area contributed by atoms with Crippen molar-refractivity contribution in [2.24, 2.45) is 0 Å². The molecule has 0 aromatic carbocycles. The fourth-order valence-electron chi connectivity index (χ4n) is 1.99. The van der Waals surface area contributed by atoms with E-state index in [1.807, 2.05) is 20.8 Å². The van der Waals surface area contributed by atoms with Crippen molar-refractivity contribution in [1.82, 2.24) is 14.8 Å². The molecule has 0 fully saturated rings. The lowest BCUT2D eigenvalue weighted by Crippen LogP contribution is -2.05. The van der Waals surface area contributed by atoms with Gasteiger partial charge in [0.05, 0.1) is 23.2 Å². The van der Waals surface area contributed by atoms with Crippen molar-refractivity contribution in [3.8, 4) is 5.88 Å². The zero-order chi connectivity index (χ0) is 13.3. The number of carboxylic acid groups (broad SMARTS) is 1. The Kier molecular flexibility index (Phi) is 3.18. The van der Waals surface area contributed by atoms with Crippen LogP contribution in [0.4, 0.5) is 0 Å². The van der Waals surface area contributed by atoms with E-state index in [0.29, 0.717) is 29.9 Å². The molecule has 2 aromatic rings. The Morgan fingerprint density at radius 1 is 1.50 bits per heavy atom. The number of hydrogen-bond donors (Lipinski definition) is 1. The normalized spacial score (nSPS) is 10.8. The third-order valence-corrected chi connectivity index (χ3v) is 2.72. The summed E-state index contributed by atoms with van der Waals surface area (Å²) in [4.78, 5) is 15.3. The Morgan fingerprint density at radius 2 is 2.22 bits per heavy atom. The Labute approximate surface area is 104 Å². The van der Waals surface area contributed by atoms with E-state index < -0.39 is 5.97 Å². The van der Waals surface area contributed by atoms with Crippen LogP contribution < -0.4 is 4.74 Å². The predicted molar refractivity (Wildman–Crippen MR) is 66.1 cm³/mol. The summed E-state index contributed by atoms with van der Waals surface area (Å²) >= 11 is 0. The minimum absolute atomic E-state index is 0.149. The third-order valence-electron chi connectivity index (χ3n) is 2.72. The second-order valence-electron chi connectivity index (χ2n) is 3.84. The maximum atomic E-state index is 11.2. The van der Waals surface area contributed by atoms with Crippen LogP contribution in [0, 0.1) is 6.92 Å². The number of ether oxygens (including phenoxy) is 1. The predicted octanol–water partition coefficient (Wildman–Crippen LogP) is 1.86. The summed E-state index contributed by atoms with van der Waals surface area (Å²) in [6.45, 7) is 6.67. The molecule has 0 spiro atoms. The van der Waals surface area contributed by atoms with Crippen LogP contribution >= 0.6 is 0 Å². The molecule has 0 unspecified atom stereocenters. The Morgan fingerprint density at radius 3 is 2.78 bits per heavy atom. The molecule has 0 bridgehead atoms. The number of carbonyl (C=O) groups is 1. The standard InChI is InChI=1S/C12H15N3O3/c1-4-15-10-8(12(16)17)6-13-11(18-5-2)9(10)7(3)14-15/h6H,4-5H2,1-3H3,(H,16,17). The largest absolute Gasteiger partial charge is 0.478 e. The van der Waals surface area contributed by atoms with Gasteiger partial charge in [-0.15, -0.1) is 0 Å². The van der Waals surface area contributed by atoms with Crippen LogP contribution in [0.5, 0.6) is 5.88 Å². The van der Waals surface area contributed by atoms with Crippen LogP contribution in [-0.2, 0) is 6.54 Å². The highest BCUT2D eigenvalue weighted by atomic mass is 16.5. The van der Waals surface area contributed by atoms with Gasteiger partial charge in [-0.05, 0) is 20.8 Å². The van der Waals surface area contributed by atoms with E-state index in [1.54, 1.807) is 4.68 Å². The van der Waals surface area contributed by atoms with Gasteiger partial charge < -0.3 is 9.84 Å². The first-order chi connectivity index (χ1) is 8.60. The molecule has 0 aliphatic rings. The molecule has 0 saturated carbocycles. The third kappa shape index (κ3) is 1.79. The topological polar surface area (TPSA) is 77.2 Å². The van der Waals surface area contributed by atoms with Gasteiger partial charge >= 0.3 is 5.97 Å². The van der Waals surface area contributed by atoms with Crippen molar-refractivity contribution >= 4 is 16.9 Å². The van der Waals surface area contributed by atoms with Gasteiger partial charge in [0.1, 0.15) is 5.56 Å². The van der Waals surface area contributed by atoms with E-state index in [4.69, 9.17) is 4.74 Å².